The van der Waals surface area contributed by atoms with Gasteiger partial charge in [-0.3, -0.25) is 29.4 Å². The number of aromatic hydroxyl groups is 1. The van der Waals surface area contributed by atoms with Gasteiger partial charge in [0.2, 0.25) is 29.5 Å². The van der Waals surface area contributed by atoms with Crippen molar-refractivity contribution in [1.29, 1.82) is 5.41 Å². The number of hydrogen-bond donors (Lipinski definition) is 8. The van der Waals surface area contributed by atoms with Crippen LogP contribution in [0.4, 0.5) is 0 Å². The van der Waals surface area contributed by atoms with Crippen LogP contribution in [0.1, 0.15) is 49.7 Å². The fraction of sp³-hybridized carbons (Fsp3) is 0.509. The Morgan fingerprint density at radius 1 is 0.671 bits per heavy atom. The minimum atomic E-state index is -4.32. The van der Waals surface area contributed by atoms with Crippen molar-refractivity contribution in [2.24, 2.45) is 5.73 Å². The molecule has 6 amide bonds. The Morgan fingerprint density at radius 3 is 1.86 bits per heavy atom. The van der Waals surface area contributed by atoms with E-state index >= 15 is 0 Å². The number of nitrogens with zero attached hydrogens (tertiary/aromatic N) is 5. The van der Waals surface area contributed by atoms with Crippen LogP contribution in [0.5, 0.6) is 5.75 Å². The number of fused-ring (bicyclic) bond motifs is 8. The van der Waals surface area contributed by atoms with Crippen LogP contribution < -0.4 is 32.3 Å². The first kappa shape index (κ1) is 59.8. The molecule has 9 N–H and O–H groups in total. The number of hydrogen-bond acceptors (Lipinski definition) is 18. The summed E-state index contributed by atoms with van der Waals surface area (Å²) in [5.41, 5.74) is 6.92. The van der Waals surface area contributed by atoms with Crippen molar-refractivity contribution in [3.63, 3.8) is 0 Å². The molecule has 3 aromatic rings. The monoisotopic (exact) mass is 1200 g/mol. The molecule has 3 aromatic carbocycles. The zero-order valence-electron chi connectivity index (χ0n) is 44.5. The summed E-state index contributed by atoms with van der Waals surface area (Å²) in [6.07, 6.45) is 1.20. The Bertz CT molecular complexity index is 2660. The SMILES string of the molecule is CN1C(=O)[C@@H](Cc2ccc(O)cc2)NC(=O)CNC(=O)[C@H](Cc2ccc3ccccc3c2)NC(=O)[C@H](CCCCC(=N)N)NC(=O)[C@H]1CCCNC(=O)CN1CCN2CCN3CCN(CC1)CC(=O)[O][In]([O]C(=O)C2)[O]C(=O)C3. The second-order valence-corrected chi connectivity index (χ2v) is 24.0. The molecule has 4 aliphatic rings. The summed E-state index contributed by atoms with van der Waals surface area (Å²) in [5, 5.41) is 33.6. The Hall–Kier alpha value is -6.87. The molecule has 2 unspecified atom stereocenters. The van der Waals surface area contributed by atoms with Gasteiger partial charge in [0.25, 0.3) is 0 Å². The molecule has 25 nitrogen and oxygen atoms in total. The van der Waals surface area contributed by atoms with Crippen LogP contribution >= 0.6 is 0 Å². The van der Waals surface area contributed by atoms with Gasteiger partial charge in [-0.1, -0.05) is 61.0 Å². The number of carbonyl (C=O) groups is 9. The van der Waals surface area contributed by atoms with E-state index in [4.69, 9.17) is 19.7 Å². The second-order valence-electron chi connectivity index (χ2n) is 20.3. The molecule has 0 aromatic heterocycles. The molecule has 424 valence electrons. The fourth-order valence-electron chi connectivity index (χ4n) is 9.83. The molecule has 0 saturated carbocycles. The molecule has 4 saturated heterocycles. The maximum atomic E-state index is 14.7. The van der Waals surface area contributed by atoms with Crippen molar-refractivity contribution in [2.75, 3.05) is 98.7 Å². The van der Waals surface area contributed by atoms with Gasteiger partial charge in [0.1, 0.15) is 29.9 Å². The summed E-state index contributed by atoms with van der Waals surface area (Å²) in [7, 11) is 1.41. The Balaban J connectivity index is 1.09. The molecule has 7 rings (SSSR count). The number of carbonyl (C=O) groups excluding carboxylic acids is 9. The van der Waals surface area contributed by atoms with E-state index in [2.05, 4.69) is 26.6 Å². The van der Waals surface area contributed by atoms with E-state index in [1.54, 1.807) is 12.1 Å². The zero-order valence-corrected chi connectivity index (χ0v) is 47.7. The van der Waals surface area contributed by atoms with E-state index in [-0.39, 0.29) is 88.7 Å². The minimum absolute atomic E-state index is 0.0177. The average molecular weight is 1200 g/mol. The normalized spacial score (nSPS) is 24.5. The van der Waals surface area contributed by atoms with Gasteiger partial charge in [-0.05, 0) is 53.3 Å². The molecule has 4 fully saturated rings. The van der Waals surface area contributed by atoms with Crippen LogP contribution in [-0.4, -0.2) is 234 Å². The number of likely N-dealkylation sites (N-methyl/N-ethyl adjacent to an activating group) is 1. The van der Waals surface area contributed by atoms with E-state index in [1.807, 2.05) is 62.1 Å². The summed E-state index contributed by atoms with van der Waals surface area (Å²) >= 11 is -4.32. The summed E-state index contributed by atoms with van der Waals surface area (Å²) in [4.78, 5) is 133. The van der Waals surface area contributed by atoms with Crippen LogP contribution in [0.25, 0.3) is 10.8 Å². The number of rotatable bonds is 15. The van der Waals surface area contributed by atoms with Crippen molar-refractivity contribution in [3.8, 4) is 5.75 Å². The number of phenolic OH excluding ortho intramolecular Hbond substituents is 1. The Labute approximate surface area is 467 Å². The molecule has 0 radical (unpaired) electrons. The van der Waals surface area contributed by atoms with E-state index < -0.39 is 101 Å². The third kappa shape index (κ3) is 18.9. The number of amidine groups is 1. The molecule has 4 aliphatic heterocycles. The van der Waals surface area contributed by atoms with Gasteiger partial charge in [-0.2, -0.15) is 0 Å². The van der Waals surface area contributed by atoms with Gasteiger partial charge in [-0.25, -0.2) is 0 Å². The number of nitrogens with one attached hydrogen (secondary N) is 6. The van der Waals surface area contributed by atoms with Crippen molar-refractivity contribution in [2.45, 2.75) is 75.5 Å². The number of benzene rings is 3. The standard InChI is InChI=1S/C53H74N12O13.In/c1-61-43(10-6-18-56-46(68)31-62-19-21-63(32-47(69)70)23-25-65(34-49(73)74)26-24-64(22-20-62)33-48(71)72)52(77)59-40(9-4-5-11-44(54)55)51(76)60-41(29-36-12-15-37-7-2-3-8-38(37)27-36)50(75)57-30-45(67)58-42(53(61)78)28-35-13-16-39(66)17-14-35;/h2-3,7-8,12-17,27,40-43,66H,4-6,9-11,18-26,28-34H2,1H3,(H3,54,55)(H,56,68)(H,57,75)(H,58,67)(H,59,77)(H,60,76)(H,69,70)(H,71,72)(H,73,74);/q;+3/p-3/t40-,41-,42+,43+;/m0./s1. The Kier molecular flexibility index (Phi) is 22.2. The predicted octanol–water partition coefficient (Wildman–Crippen LogP) is -2.00. The van der Waals surface area contributed by atoms with Crippen molar-refractivity contribution < 1.29 is 56.8 Å². The zero-order chi connectivity index (χ0) is 56.4. The molecule has 26 heteroatoms. The van der Waals surface area contributed by atoms with Crippen LogP contribution in [0, 0.1) is 5.41 Å². The molecule has 79 heavy (non-hydrogen) atoms. The van der Waals surface area contributed by atoms with E-state index in [0.717, 1.165) is 10.8 Å². The van der Waals surface area contributed by atoms with Crippen molar-refractivity contribution >= 4 is 92.7 Å². The molecule has 4 heterocycles. The first-order valence-corrected chi connectivity index (χ1v) is 30.8. The topological polar surface area (TPSA) is 328 Å². The number of nitrogens with two attached hydrogens (primary N) is 1. The maximum absolute atomic E-state index is 14.7. The van der Waals surface area contributed by atoms with Gasteiger partial charge in [0.05, 0.1) is 12.4 Å². The Morgan fingerprint density at radius 2 is 1.24 bits per heavy atom. The van der Waals surface area contributed by atoms with Gasteiger partial charge >= 0.3 is 191 Å². The molecule has 6 atom stereocenters. The van der Waals surface area contributed by atoms with Crippen LogP contribution in [0.15, 0.2) is 66.7 Å². The summed E-state index contributed by atoms with van der Waals surface area (Å²) in [5.74, 6) is -5.85. The van der Waals surface area contributed by atoms with E-state index in [0.29, 0.717) is 76.3 Å². The average Bonchev–Trinajstić information content (AvgIpc) is 3.44. The molecule has 0 spiro atoms. The van der Waals surface area contributed by atoms with Crippen LogP contribution in [0.2, 0.25) is 0 Å². The number of phenols is 1. The first-order chi connectivity index (χ1) is 37.9. The van der Waals surface area contributed by atoms with Gasteiger partial charge in [-0.15, -0.1) is 0 Å². The van der Waals surface area contributed by atoms with Crippen molar-refractivity contribution in [3.05, 3.63) is 77.9 Å². The number of unbranched alkanes of at least 4 members (excludes halogenated alkanes) is 1. The van der Waals surface area contributed by atoms with Crippen molar-refractivity contribution in [1.82, 2.24) is 51.1 Å². The molecule has 0 aliphatic carbocycles. The van der Waals surface area contributed by atoms with E-state index in [1.165, 1.54) is 24.1 Å². The van der Waals surface area contributed by atoms with Crippen LogP contribution in [0.3, 0.4) is 0 Å². The summed E-state index contributed by atoms with van der Waals surface area (Å²) in [6.45, 7) is 2.22. The predicted molar refractivity (Wildman–Crippen MR) is 287 cm³/mol. The van der Waals surface area contributed by atoms with Gasteiger partial charge in [0.15, 0.2) is 0 Å². The number of amides is 6. The molecular formula is C53H71InN12O13. The van der Waals surface area contributed by atoms with Gasteiger partial charge in [0, 0.05) is 26.3 Å². The van der Waals surface area contributed by atoms with E-state index in [9.17, 15) is 48.3 Å². The quantitative estimate of drug-likeness (QED) is 0.0464. The van der Waals surface area contributed by atoms with Gasteiger partial charge < -0.3 is 37.0 Å². The third-order valence-electron chi connectivity index (χ3n) is 14.3. The second kappa shape index (κ2) is 29.4. The summed E-state index contributed by atoms with van der Waals surface area (Å²) in [6, 6.07) is 14.4. The molecule has 4 bridgehead atoms. The first-order valence-electron chi connectivity index (χ1n) is 26.7. The molecular weight excluding hydrogens is 1130 g/mol. The fourth-order valence-corrected chi connectivity index (χ4v) is 12.7. The summed E-state index contributed by atoms with van der Waals surface area (Å²) < 4.78 is 16.4. The third-order valence-corrected chi connectivity index (χ3v) is 18.2. The van der Waals surface area contributed by atoms with Crippen LogP contribution in [-0.2, 0) is 64.6 Å².